The van der Waals surface area contributed by atoms with Crippen LogP contribution in [0.4, 0.5) is 0 Å². The molecule has 0 spiro atoms. The zero-order chi connectivity index (χ0) is 15.0. The van der Waals surface area contributed by atoms with Crippen molar-refractivity contribution in [3.63, 3.8) is 0 Å². The highest BCUT2D eigenvalue weighted by atomic mass is 16.3. The topological polar surface area (TPSA) is 49.5 Å². The first kappa shape index (κ1) is 16.4. The Morgan fingerprint density at radius 3 is 2.60 bits per heavy atom. The summed E-state index contributed by atoms with van der Waals surface area (Å²) in [5, 5.41) is 10.2. The highest BCUT2D eigenvalue weighted by Crippen LogP contribution is 2.18. The first-order valence-corrected chi connectivity index (χ1v) is 6.71. The van der Waals surface area contributed by atoms with E-state index in [1.54, 1.807) is 11.0 Å². The number of nitrogens with two attached hydrogens (primary N) is 1. The number of nitrogens with zero attached hydrogens (tertiary/aromatic N) is 1. The molecular weight excluding hydrogens is 248 g/mol. The largest absolute Gasteiger partial charge is 0.378 e. The summed E-state index contributed by atoms with van der Waals surface area (Å²) in [6, 6.07) is 9.76. The van der Waals surface area contributed by atoms with Gasteiger partial charge in [0, 0.05) is 6.42 Å². The van der Waals surface area contributed by atoms with Crippen molar-refractivity contribution in [2.45, 2.75) is 25.7 Å². The summed E-state index contributed by atoms with van der Waals surface area (Å²) in [5.74, 6) is 0. The number of hydrogen-bond acceptors (Lipinski definition) is 3. The van der Waals surface area contributed by atoms with Crippen molar-refractivity contribution in [2.75, 3.05) is 7.05 Å². The molecule has 0 heterocycles. The van der Waals surface area contributed by atoms with Gasteiger partial charge in [-0.1, -0.05) is 66.8 Å². The van der Waals surface area contributed by atoms with Crippen molar-refractivity contribution in [3.8, 4) is 0 Å². The van der Waals surface area contributed by atoms with Gasteiger partial charge >= 0.3 is 0 Å². The molecule has 0 fully saturated rings. The molecular formula is C17H24N2O. The molecule has 3 nitrogen and oxygen atoms in total. The Labute approximate surface area is 121 Å². The molecule has 0 saturated heterocycles. The number of aliphatic hydroxyl groups excluding tert-OH is 1. The average molecular weight is 272 g/mol. The first-order valence-electron chi connectivity index (χ1n) is 6.71. The molecule has 2 unspecified atom stereocenters. The minimum absolute atomic E-state index is 0.317. The van der Waals surface area contributed by atoms with E-state index >= 15 is 0 Å². The SMILES string of the molecule is C=C/C=C\C=C(/C)CC(O)N(C)C(N)c1ccccc1. The molecule has 108 valence electrons. The monoisotopic (exact) mass is 272 g/mol. The summed E-state index contributed by atoms with van der Waals surface area (Å²) in [7, 11) is 1.83. The van der Waals surface area contributed by atoms with Crippen molar-refractivity contribution in [1.82, 2.24) is 4.90 Å². The molecule has 0 aliphatic heterocycles. The quantitative estimate of drug-likeness (QED) is 0.592. The third kappa shape index (κ3) is 5.13. The molecule has 20 heavy (non-hydrogen) atoms. The van der Waals surface area contributed by atoms with Crippen LogP contribution in [0.15, 0.2) is 66.8 Å². The second-order valence-corrected chi connectivity index (χ2v) is 4.84. The van der Waals surface area contributed by atoms with Crippen LogP contribution in [0.3, 0.4) is 0 Å². The van der Waals surface area contributed by atoms with Gasteiger partial charge in [0.1, 0.15) is 6.23 Å². The maximum atomic E-state index is 10.2. The zero-order valence-corrected chi connectivity index (χ0v) is 12.2. The van der Waals surface area contributed by atoms with E-state index in [2.05, 4.69) is 6.58 Å². The van der Waals surface area contributed by atoms with Crippen molar-refractivity contribution in [2.24, 2.45) is 5.73 Å². The van der Waals surface area contributed by atoms with Crippen molar-refractivity contribution < 1.29 is 5.11 Å². The Hall–Kier alpha value is -1.68. The van der Waals surface area contributed by atoms with E-state index in [1.165, 1.54) is 0 Å². The van der Waals surface area contributed by atoms with Crippen LogP contribution in [-0.2, 0) is 0 Å². The van der Waals surface area contributed by atoms with Gasteiger partial charge in [-0.25, -0.2) is 0 Å². The Morgan fingerprint density at radius 2 is 2.00 bits per heavy atom. The molecule has 1 aromatic carbocycles. The summed E-state index contributed by atoms with van der Waals surface area (Å²) < 4.78 is 0. The predicted molar refractivity (Wildman–Crippen MR) is 84.9 cm³/mol. The van der Waals surface area contributed by atoms with Gasteiger partial charge in [0.2, 0.25) is 0 Å². The molecule has 3 heteroatoms. The number of hydrogen-bond donors (Lipinski definition) is 2. The van der Waals surface area contributed by atoms with E-state index in [0.717, 1.165) is 11.1 Å². The molecule has 0 bridgehead atoms. The molecule has 0 saturated carbocycles. The molecule has 0 aliphatic carbocycles. The van der Waals surface area contributed by atoms with Crippen molar-refractivity contribution in [3.05, 3.63) is 72.4 Å². The molecule has 1 rings (SSSR count). The van der Waals surface area contributed by atoms with Crippen molar-refractivity contribution >= 4 is 0 Å². The van der Waals surface area contributed by atoms with Crippen LogP contribution in [-0.4, -0.2) is 23.3 Å². The van der Waals surface area contributed by atoms with Crippen LogP contribution >= 0.6 is 0 Å². The van der Waals surface area contributed by atoms with Crippen molar-refractivity contribution in [1.29, 1.82) is 0 Å². The van der Waals surface area contributed by atoms with Gasteiger partial charge in [-0.05, 0) is 19.5 Å². The van der Waals surface area contributed by atoms with E-state index in [4.69, 9.17) is 5.73 Å². The number of aliphatic hydroxyl groups is 1. The van der Waals surface area contributed by atoms with E-state index in [9.17, 15) is 5.11 Å². The lowest BCUT2D eigenvalue weighted by molar-refractivity contribution is -0.00468. The van der Waals surface area contributed by atoms with Gasteiger partial charge < -0.3 is 10.8 Å². The lowest BCUT2D eigenvalue weighted by atomic mass is 10.1. The summed E-state index contributed by atoms with van der Waals surface area (Å²) >= 11 is 0. The molecule has 0 aromatic heterocycles. The maximum absolute atomic E-state index is 10.2. The molecule has 0 aliphatic rings. The predicted octanol–water partition coefficient (Wildman–Crippen LogP) is 2.97. The van der Waals surface area contributed by atoms with E-state index in [0.29, 0.717) is 6.42 Å². The van der Waals surface area contributed by atoms with E-state index < -0.39 is 6.23 Å². The highest BCUT2D eigenvalue weighted by Gasteiger charge is 2.19. The van der Waals surface area contributed by atoms with Crippen LogP contribution in [0.25, 0.3) is 0 Å². The minimum atomic E-state index is -0.612. The third-order valence-corrected chi connectivity index (χ3v) is 3.18. The van der Waals surface area contributed by atoms with E-state index in [-0.39, 0.29) is 6.17 Å². The normalized spacial score (nSPS) is 15.6. The summed E-state index contributed by atoms with van der Waals surface area (Å²) in [4.78, 5) is 1.77. The Kier molecular flexibility index (Phi) is 6.94. The van der Waals surface area contributed by atoms with Gasteiger partial charge in [-0.3, -0.25) is 4.90 Å². The maximum Gasteiger partial charge on any atom is 0.112 e. The molecule has 3 N–H and O–H groups in total. The van der Waals surface area contributed by atoms with Gasteiger partial charge in [-0.2, -0.15) is 0 Å². The second kappa shape index (κ2) is 8.48. The number of allylic oxidation sites excluding steroid dienone is 4. The zero-order valence-electron chi connectivity index (χ0n) is 12.2. The minimum Gasteiger partial charge on any atom is -0.378 e. The second-order valence-electron chi connectivity index (χ2n) is 4.84. The van der Waals surface area contributed by atoms with Crippen LogP contribution in [0.5, 0.6) is 0 Å². The summed E-state index contributed by atoms with van der Waals surface area (Å²) in [5.41, 5.74) is 8.23. The molecule has 2 atom stereocenters. The fraction of sp³-hybridized carbons (Fsp3) is 0.294. The smallest absolute Gasteiger partial charge is 0.112 e. The highest BCUT2D eigenvalue weighted by molar-refractivity contribution is 5.18. The number of benzene rings is 1. The van der Waals surface area contributed by atoms with Gasteiger partial charge in [0.25, 0.3) is 0 Å². The van der Waals surface area contributed by atoms with Crippen LogP contribution in [0, 0.1) is 0 Å². The lowest BCUT2D eigenvalue weighted by Crippen LogP contribution is -2.39. The third-order valence-electron chi connectivity index (χ3n) is 3.18. The average Bonchev–Trinajstić information content (AvgIpc) is 2.46. The fourth-order valence-electron chi connectivity index (χ4n) is 1.87. The standard InChI is InChI=1S/C17H24N2O/c1-4-5-7-10-14(2)13-16(20)19(3)17(18)15-11-8-6-9-12-15/h4-12,16-17,20H,1,13,18H2,2-3H3/b7-5-,14-10+. The molecule has 0 amide bonds. The fourth-order valence-corrected chi connectivity index (χ4v) is 1.87. The first-order chi connectivity index (χ1) is 9.56. The molecule has 0 radical (unpaired) electrons. The number of rotatable bonds is 7. The summed E-state index contributed by atoms with van der Waals surface area (Å²) in [6.07, 6.45) is 7.08. The van der Waals surface area contributed by atoms with Crippen LogP contribution in [0.1, 0.15) is 25.1 Å². The molecule has 1 aromatic rings. The van der Waals surface area contributed by atoms with E-state index in [1.807, 2.05) is 62.5 Å². The summed E-state index contributed by atoms with van der Waals surface area (Å²) in [6.45, 7) is 5.60. The Bertz CT molecular complexity index is 465. The van der Waals surface area contributed by atoms with Gasteiger partial charge in [-0.15, -0.1) is 0 Å². The van der Waals surface area contributed by atoms with Gasteiger partial charge in [0.05, 0.1) is 6.17 Å². The van der Waals surface area contributed by atoms with Crippen LogP contribution < -0.4 is 5.73 Å². The van der Waals surface area contributed by atoms with Crippen LogP contribution in [0.2, 0.25) is 0 Å². The Morgan fingerprint density at radius 1 is 1.35 bits per heavy atom. The Balaban J connectivity index is 2.62. The van der Waals surface area contributed by atoms with Gasteiger partial charge in [0.15, 0.2) is 0 Å². The lowest BCUT2D eigenvalue weighted by Gasteiger charge is -2.29.